The molecule has 4 atom stereocenters. The molecule has 0 aliphatic rings. The Kier molecular flexibility index (Phi) is 7.68. The smallest absolute Gasteiger partial charge is 0.281 e. The first kappa shape index (κ1) is 25.1. The van der Waals surface area contributed by atoms with Crippen LogP contribution in [0.2, 0.25) is 0 Å². The van der Waals surface area contributed by atoms with Crippen molar-refractivity contribution in [1.29, 1.82) is 0 Å². The van der Waals surface area contributed by atoms with E-state index in [9.17, 15) is 57.1 Å². The Morgan fingerprint density at radius 3 is 1.38 bits per heavy atom. The summed E-state index contributed by atoms with van der Waals surface area (Å²) in [6, 6.07) is 0. The van der Waals surface area contributed by atoms with E-state index in [0.29, 0.717) is 6.92 Å². The number of ether oxygens (including phenoxy) is 1. The molecule has 0 N–H and O–H groups in total. The topological polar surface area (TPSA) is 9.23 Å². The quantitative estimate of drug-likeness (QED) is 0.407. The molecule has 0 radical (unpaired) electrons. The minimum atomic E-state index is -6.52. The lowest BCUT2D eigenvalue weighted by Crippen LogP contribution is -2.61. The molecular weight excluding hydrogens is 407 g/mol. The van der Waals surface area contributed by atoms with Crippen molar-refractivity contribution in [3.8, 4) is 0 Å². The van der Waals surface area contributed by atoms with Gasteiger partial charge in [0.2, 0.25) is 12.5 Å². The van der Waals surface area contributed by atoms with Crippen molar-refractivity contribution in [3.63, 3.8) is 0 Å². The second kappa shape index (κ2) is 7.97. The lowest BCUT2D eigenvalue weighted by Gasteiger charge is -2.38. The van der Waals surface area contributed by atoms with Crippen LogP contribution in [0.3, 0.4) is 0 Å². The van der Waals surface area contributed by atoms with Gasteiger partial charge in [0.15, 0.2) is 6.17 Å². The maximum Gasteiger partial charge on any atom is 0.422 e. The molecule has 0 rings (SSSR count). The molecule has 0 fully saturated rings. The highest BCUT2D eigenvalue weighted by molar-refractivity contribution is 5.02. The molecule has 4 unspecified atom stereocenters. The van der Waals surface area contributed by atoms with Crippen LogP contribution in [0.1, 0.15) is 20.3 Å². The van der Waals surface area contributed by atoms with Crippen molar-refractivity contribution in [2.24, 2.45) is 5.92 Å². The normalized spacial score (nSPS) is 19.4. The molecule has 0 aromatic rings. The van der Waals surface area contributed by atoms with Gasteiger partial charge in [-0.3, -0.25) is 4.74 Å². The van der Waals surface area contributed by atoms with E-state index >= 15 is 0 Å². The summed E-state index contributed by atoms with van der Waals surface area (Å²) in [5.74, 6) is -23.0. The van der Waals surface area contributed by atoms with Crippen molar-refractivity contribution in [1.82, 2.24) is 0 Å². The third-order valence-electron chi connectivity index (χ3n) is 3.32. The standard InChI is InChI=1S/C12H13F13O/c1-3-5(9(18,19)12(24,25)26-4(2)13)6(14)10(20,21)11(22,23)7(15)8(16)17/h4-8H,3H2,1-2H3. The van der Waals surface area contributed by atoms with E-state index in [1.807, 2.05) is 0 Å². The van der Waals surface area contributed by atoms with Crippen molar-refractivity contribution >= 4 is 0 Å². The number of hydrogen-bond donors (Lipinski definition) is 0. The molecule has 158 valence electrons. The largest absolute Gasteiger partial charge is 0.422 e. The fraction of sp³-hybridized carbons (Fsp3) is 1.00. The highest BCUT2D eigenvalue weighted by Gasteiger charge is 2.74. The third-order valence-corrected chi connectivity index (χ3v) is 3.32. The molecule has 14 heteroatoms. The minimum absolute atomic E-state index is 0.178. The van der Waals surface area contributed by atoms with Crippen molar-refractivity contribution in [2.75, 3.05) is 0 Å². The van der Waals surface area contributed by atoms with Crippen molar-refractivity contribution < 1.29 is 61.8 Å². The SMILES string of the molecule is CCC(C(F)C(F)(F)C(F)(F)C(F)C(F)F)C(F)(F)C(F)(F)OC(C)F. The van der Waals surface area contributed by atoms with Crippen LogP contribution in [0.25, 0.3) is 0 Å². The van der Waals surface area contributed by atoms with Crippen LogP contribution in [-0.4, -0.2) is 49.0 Å². The molecule has 0 aromatic heterocycles. The summed E-state index contributed by atoms with van der Waals surface area (Å²) in [6.07, 6.45) is -25.3. The Morgan fingerprint density at radius 1 is 0.692 bits per heavy atom. The van der Waals surface area contributed by atoms with Gasteiger partial charge in [-0.15, -0.1) is 0 Å². The van der Waals surface area contributed by atoms with Gasteiger partial charge in [-0.2, -0.15) is 35.1 Å². The molecule has 26 heavy (non-hydrogen) atoms. The van der Waals surface area contributed by atoms with Crippen LogP contribution < -0.4 is 0 Å². The second-order valence-corrected chi connectivity index (χ2v) is 5.20. The summed E-state index contributed by atoms with van der Waals surface area (Å²) < 4.78 is 172. The zero-order valence-corrected chi connectivity index (χ0v) is 12.9. The minimum Gasteiger partial charge on any atom is -0.281 e. The molecule has 0 saturated heterocycles. The molecule has 0 aliphatic heterocycles. The molecule has 0 spiro atoms. The van der Waals surface area contributed by atoms with E-state index in [-0.39, 0.29) is 6.92 Å². The Labute approximate surface area is 138 Å². The summed E-state index contributed by atoms with van der Waals surface area (Å²) in [6.45, 7) is 0.575. The molecule has 0 bridgehead atoms. The second-order valence-electron chi connectivity index (χ2n) is 5.20. The fourth-order valence-corrected chi connectivity index (χ4v) is 1.92. The monoisotopic (exact) mass is 420 g/mol. The summed E-state index contributed by atoms with van der Waals surface area (Å²) in [4.78, 5) is 0. The summed E-state index contributed by atoms with van der Waals surface area (Å²) in [7, 11) is 0. The van der Waals surface area contributed by atoms with Gasteiger partial charge in [0.25, 0.3) is 6.43 Å². The lowest BCUT2D eigenvalue weighted by molar-refractivity contribution is -0.396. The van der Waals surface area contributed by atoms with Gasteiger partial charge in [0.05, 0.1) is 5.92 Å². The van der Waals surface area contributed by atoms with Crippen LogP contribution in [0.15, 0.2) is 0 Å². The molecule has 0 amide bonds. The van der Waals surface area contributed by atoms with Crippen LogP contribution in [0.4, 0.5) is 57.1 Å². The Hall–Kier alpha value is -0.950. The third kappa shape index (κ3) is 4.47. The average Bonchev–Trinajstić information content (AvgIpc) is 2.44. The summed E-state index contributed by atoms with van der Waals surface area (Å²) in [5, 5.41) is 0. The molecule has 1 nitrogen and oxygen atoms in total. The zero-order chi connectivity index (χ0) is 21.3. The van der Waals surface area contributed by atoms with Crippen LogP contribution in [0.5, 0.6) is 0 Å². The first-order valence-corrected chi connectivity index (χ1v) is 6.77. The predicted octanol–water partition coefficient (Wildman–Crippen LogP) is 5.78. The number of rotatable bonds is 10. The summed E-state index contributed by atoms with van der Waals surface area (Å²) in [5.41, 5.74) is 0. The predicted molar refractivity (Wildman–Crippen MR) is 61.0 cm³/mol. The number of halogens is 13. The van der Waals surface area contributed by atoms with Gasteiger partial charge in [-0.1, -0.05) is 6.92 Å². The van der Waals surface area contributed by atoms with Gasteiger partial charge in [-0.05, 0) is 13.3 Å². The summed E-state index contributed by atoms with van der Waals surface area (Å²) >= 11 is 0. The highest BCUT2D eigenvalue weighted by Crippen LogP contribution is 2.52. The Morgan fingerprint density at radius 2 is 1.08 bits per heavy atom. The molecule has 0 aromatic carbocycles. The van der Waals surface area contributed by atoms with Gasteiger partial charge in [-0.25, -0.2) is 22.0 Å². The number of alkyl halides is 13. The molecule has 0 heterocycles. The van der Waals surface area contributed by atoms with Crippen molar-refractivity contribution in [2.45, 2.75) is 69.3 Å². The van der Waals surface area contributed by atoms with Gasteiger partial charge in [0.1, 0.15) is 0 Å². The number of hydrogen-bond acceptors (Lipinski definition) is 1. The average molecular weight is 420 g/mol. The maximum atomic E-state index is 13.7. The molecule has 0 saturated carbocycles. The van der Waals surface area contributed by atoms with Crippen molar-refractivity contribution in [3.05, 3.63) is 0 Å². The first-order valence-electron chi connectivity index (χ1n) is 6.77. The molecule has 0 aliphatic carbocycles. The highest BCUT2D eigenvalue weighted by atomic mass is 19.3. The van der Waals surface area contributed by atoms with E-state index in [1.54, 1.807) is 0 Å². The van der Waals surface area contributed by atoms with Gasteiger partial charge in [0, 0.05) is 0 Å². The van der Waals surface area contributed by atoms with E-state index in [2.05, 4.69) is 4.74 Å². The zero-order valence-electron chi connectivity index (χ0n) is 12.9. The molecular formula is C12H13F13O. The van der Waals surface area contributed by atoms with E-state index in [1.165, 1.54) is 0 Å². The van der Waals surface area contributed by atoms with Gasteiger partial charge >= 0.3 is 23.9 Å². The fourth-order valence-electron chi connectivity index (χ4n) is 1.92. The lowest BCUT2D eigenvalue weighted by atomic mass is 9.85. The van der Waals surface area contributed by atoms with E-state index < -0.39 is 61.3 Å². The van der Waals surface area contributed by atoms with Crippen LogP contribution in [0, 0.1) is 5.92 Å². The Bertz CT molecular complexity index is 450. The first-order chi connectivity index (χ1) is 11.4. The van der Waals surface area contributed by atoms with Crippen LogP contribution >= 0.6 is 0 Å². The van der Waals surface area contributed by atoms with Crippen LogP contribution in [-0.2, 0) is 4.74 Å². The maximum absolute atomic E-state index is 13.7. The Balaban J connectivity index is 5.94. The van der Waals surface area contributed by atoms with E-state index in [0.717, 1.165) is 0 Å². The van der Waals surface area contributed by atoms with E-state index in [4.69, 9.17) is 0 Å². The van der Waals surface area contributed by atoms with Gasteiger partial charge < -0.3 is 0 Å².